The van der Waals surface area contributed by atoms with E-state index in [0.29, 0.717) is 19.4 Å². The van der Waals surface area contributed by atoms with Crippen molar-refractivity contribution in [1.82, 2.24) is 0 Å². The summed E-state index contributed by atoms with van der Waals surface area (Å²) in [5.74, 6) is -0.458. The maximum absolute atomic E-state index is 12.8. The molecule has 1 unspecified atom stereocenters. The highest BCUT2D eigenvalue weighted by Crippen LogP contribution is 2.12. The van der Waals surface area contributed by atoms with Crippen molar-refractivity contribution in [2.45, 2.75) is 232 Å². The Hall–Kier alpha value is -3.70. The predicted molar refractivity (Wildman–Crippen MR) is 288 cm³/mol. The van der Waals surface area contributed by atoms with Crippen molar-refractivity contribution >= 4 is 11.9 Å². The van der Waals surface area contributed by atoms with Crippen LogP contribution in [0.1, 0.15) is 226 Å². The van der Waals surface area contributed by atoms with Gasteiger partial charge in [-0.15, -0.1) is 0 Å². The first-order valence-corrected chi connectivity index (χ1v) is 27.1. The summed E-state index contributed by atoms with van der Waals surface area (Å²) < 4.78 is 17.4. The monoisotopic (exact) mass is 913 g/mol. The van der Waals surface area contributed by atoms with Gasteiger partial charge in [0.05, 0.1) is 6.61 Å². The van der Waals surface area contributed by atoms with Crippen LogP contribution in [0.2, 0.25) is 0 Å². The molecule has 0 amide bonds. The van der Waals surface area contributed by atoms with Gasteiger partial charge >= 0.3 is 11.9 Å². The Kier molecular flexibility index (Phi) is 52.5. The molecule has 0 rings (SSSR count). The number of unbranched alkanes of at least 4 members (excludes halogenated alkanes) is 17. The number of rotatable bonds is 48. The lowest BCUT2D eigenvalue weighted by molar-refractivity contribution is -0.163. The van der Waals surface area contributed by atoms with Gasteiger partial charge in [0.25, 0.3) is 0 Å². The number of esters is 2. The quantitative estimate of drug-likeness (QED) is 0.0346. The summed E-state index contributed by atoms with van der Waals surface area (Å²) in [5, 5.41) is 0. The minimum atomic E-state index is -0.573. The van der Waals surface area contributed by atoms with Crippen LogP contribution in [0.25, 0.3) is 0 Å². The number of hydrogen-bond acceptors (Lipinski definition) is 5. The highest BCUT2D eigenvalue weighted by molar-refractivity contribution is 5.70. The fourth-order valence-electron chi connectivity index (χ4n) is 6.99. The van der Waals surface area contributed by atoms with Gasteiger partial charge in [-0.1, -0.05) is 206 Å². The minimum Gasteiger partial charge on any atom is -0.462 e. The molecule has 5 nitrogen and oxygen atoms in total. The van der Waals surface area contributed by atoms with E-state index in [9.17, 15) is 9.59 Å². The number of carbonyl (C=O) groups excluding carboxylic acids is 2. The van der Waals surface area contributed by atoms with Gasteiger partial charge in [-0.3, -0.25) is 9.59 Å². The zero-order valence-corrected chi connectivity index (χ0v) is 42.9. The largest absolute Gasteiger partial charge is 0.462 e. The number of hydrogen-bond donors (Lipinski definition) is 0. The van der Waals surface area contributed by atoms with Crippen LogP contribution in [0.4, 0.5) is 0 Å². The Labute approximate surface area is 407 Å². The van der Waals surface area contributed by atoms with Crippen LogP contribution in [0, 0.1) is 0 Å². The van der Waals surface area contributed by atoms with Crippen molar-refractivity contribution in [3.05, 3.63) is 122 Å². The standard InChI is InChI=1S/C61H100O5/c1-4-7-10-13-16-19-22-25-28-30-32-35-38-41-44-47-50-53-56-64-57-59(66-61(63)55-52-49-46-43-40-37-33-27-24-21-18-15-12-9-6-3)58-65-60(62)54-51-48-45-42-39-36-34-31-29-26-23-20-17-14-11-8-5-2/h7-8,10-11,16-21,25-29,32-36,59H,4-6,9,12-15,22-24,30-31,37-58H2,1-3H3/b10-7-,11-8-,19-16-,20-17-,21-18-,28-25-,29-26-,33-27-,35-32-,36-34-. The third-order valence-electron chi connectivity index (χ3n) is 11.0. The fraction of sp³-hybridized carbons (Fsp3) is 0.639. The highest BCUT2D eigenvalue weighted by atomic mass is 16.6. The van der Waals surface area contributed by atoms with Gasteiger partial charge in [0.1, 0.15) is 6.61 Å². The molecular weight excluding hydrogens is 813 g/mol. The molecule has 0 aromatic rings. The molecule has 0 aromatic heterocycles. The second-order valence-corrected chi connectivity index (χ2v) is 17.4. The number of carbonyl (C=O) groups is 2. The topological polar surface area (TPSA) is 61.8 Å². The maximum Gasteiger partial charge on any atom is 0.306 e. The Morgan fingerprint density at radius 3 is 1.09 bits per heavy atom. The molecule has 0 aliphatic rings. The molecule has 374 valence electrons. The highest BCUT2D eigenvalue weighted by Gasteiger charge is 2.17. The van der Waals surface area contributed by atoms with E-state index in [-0.39, 0.29) is 25.2 Å². The summed E-state index contributed by atoms with van der Waals surface area (Å²) in [5.41, 5.74) is 0. The summed E-state index contributed by atoms with van der Waals surface area (Å²) in [6, 6.07) is 0. The van der Waals surface area contributed by atoms with Crippen molar-refractivity contribution in [2.75, 3.05) is 19.8 Å². The van der Waals surface area contributed by atoms with Crippen molar-refractivity contribution < 1.29 is 23.8 Å². The SMILES string of the molecule is CC/C=C\C/C=C\C/C=C\C/C=C\CCCCCCCOCC(COC(=O)CCCCCC/C=C\C/C=C\C/C=C\C/C=C\CC)OC(=O)CCCCCCC/C=C\C/C=C\CCCCC. The average molecular weight is 913 g/mol. The molecule has 0 bridgehead atoms. The molecule has 0 fully saturated rings. The molecule has 1 atom stereocenters. The summed E-state index contributed by atoms with van der Waals surface area (Å²) in [6.07, 6.45) is 77.8. The zero-order valence-electron chi connectivity index (χ0n) is 42.9. The number of allylic oxidation sites excluding steroid dienone is 20. The molecular formula is C61H100O5. The smallest absolute Gasteiger partial charge is 0.306 e. The van der Waals surface area contributed by atoms with Crippen LogP contribution in [0.15, 0.2) is 122 Å². The van der Waals surface area contributed by atoms with Gasteiger partial charge in [-0.25, -0.2) is 0 Å². The summed E-state index contributed by atoms with van der Waals surface area (Å²) in [4.78, 5) is 25.5. The van der Waals surface area contributed by atoms with Gasteiger partial charge in [0, 0.05) is 19.4 Å². The van der Waals surface area contributed by atoms with Crippen LogP contribution in [-0.4, -0.2) is 37.9 Å². The van der Waals surface area contributed by atoms with Gasteiger partial charge in [0.15, 0.2) is 6.10 Å². The van der Waals surface area contributed by atoms with Gasteiger partial charge < -0.3 is 14.2 Å². The summed E-state index contributed by atoms with van der Waals surface area (Å²) >= 11 is 0. The Morgan fingerprint density at radius 2 is 0.682 bits per heavy atom. The second-order valence-electron chi connectivity index (χ2n) is 17.4. The van der Waals surface area contributed by atoms with E-state index in [1.54, 1.807) is 0 Å². The van der Waals surface area contributed by atoms with Crippen LogP contribution in [0.5, 0.6) is 0 Å². The van der Waals surface area contributed by atoms with Crippen molar-refractivity contribution in [2.24, 2.45) is 0 Å². The summed E-state index contributed by atoms with van der Waals surface area (Å²) in [7, 11) is 0. The first kappa shape index (κ1) is 62.3. The van der Waals surface area contributed by atoms with Crippen LogP contribution in [-0.2, 0) is 23.8 Å². The van der Waals surface area contributed by atoms with Gasteiger partial charge in [-0.05, 0) is 128 Å². The van der Waals surface area contributed by atoms with Crippen molar-refractivity contribution in [3.8, 4) is 0 Å². The van der Waals surface area contributed by atoms with E-state index in [0.717, 1.165) is 135 Å². The van der Waals surface area contributed by atoms with E-state index in [4.69, 9.17) is 14.2 Å². The first-order valence-electron chi connectivity index (χ1n) is 27.1. The van der Waals surface area contributed by atoms with Crippen LogP contribution >= 0.6 is 0 Å². The predicted octanol–water partition coefficient (Wildman–Crippen LogP) is 18.6. The maximum atomic E-state index is 12.8. The number of ether oxygens (including phenoxy) is 3. The third-order valence-corrected chi connectivity index (χ3v) is 11.0. The van der Waals surface area contributed by atoms with Crippen LogP contribution in [0.3, 0.4) is 0 Å². The molecule has 0 radical (unpaired) electrons. The van der Waals surface area contributed by atoms with E-state index in [1.165, 1.54) is 57.8 Å². The lowest BCUT2D eigenvalue weighted by Gasteiger charge is -2.18. The lowest BCUT2D eigenvalue weighted by atomic mass is 10.1. The molecule has 0 aliphatic carbocycles. The molecule has 0 saturated carbocycles. The average Bonchev–Trinajstić information content (AvgIpc) is 3.32. The Bertz CT molecular complexity index is 1350. The Balaban J connectivity index is 4.41. The van der Waals surface area contributed by atoms with Crippen molar-refractivity contribution in [1.29, 1.82) is 0 Å². The van der Waals surface area contributed by atoms with Crippen LogP contribution < -0.4 is 0 Å². The normalized spacial score (nSPS) is 13.2. The van der Waals surface area contributed by atoms with E-state index in [2.05, 4.69) is 142 Å². The minimum absolute atomic E-state index is 0.0515. The van der Waals surface area contributed by atoms with E-state index < -0.39 is 6.10 Å². The second kappa shape index (κ2) is 55.6. The molecule has 0 spiro atoms. The Morgan fingerprint density at radius 1 is 0.348 bits per heavy atom. The van der Waals surface area contributed by atoms with E-state index >= 15 is 0 Å². The molecule has 0 saturated heterocycles. The van der Waals surface area contributed by atoms with Gasteiger partial charge in [-0.2, -0.15) is 0 Å². The van der Waals surface area contributed by atoms with E-state index in [1.807, 2.05) is 0 Å². The lowest BCUT2D eigenvalue weighted by Crippen LogP contribution is -2.30. The third kappa shape index (κ3) is 52.9. The molecule has 0 aliphatic heterocycles. The molecule has 66 heavy (non-hydrogen) atoms. The van der Waals surface area contributed by atoms with Gasteiger partial charge in [0.2, 0.25) is 0 Å². The molecule has 0 aromatic carbocycles. The fourth-order valence-corrected chi connectivity index (χ4v) is 6.99. The van der Waals surface area contributed by atoms with Crippen molar-refractivity contribution in [3.63, 3.8) is 0 Å². The molecule has 5 heteroatoms. The zero-order chi connectivity index (χ0) is 47.7. The first-order chi connectivity index (χ1) is 32.6. The summed E-state index contributed by atoms with van der Waals surface area (Å²) in [6.45, 7) is 7.48. The molecule has 0 heterocycles. The molecule has 0 N–H and O–H groups in total.